The van der Waals surface area contributed by atoms with Gasteiger partial charge in [-0.05, 0) is 11.6 Å². The van der Waals surface area contributed by atoms with Gasteiger partial charge in [-0.2, -0.15) is 4.98 Å². The number of methoxy groups -OCH3 is 1. The molecule has 1 aromatic heterocycles. The zero-order valence-electron chi connectivity index (χ0n) is 8.61. The van der Waals surface area contributed by atoms with Crippen LogP contribution in [0.4, 0.5) is 5.82 Å². The van der Waals surface area contributed by atoms with Gasteiger partial charge < -0.3 is 14.4 Å². The van der Waals surface area contributed by atoms with E-state index in [4.69, 9.17) is 21.1 Å². The monoisotopic (exact) mass is 229 g/mol. The normalized spacial score (nSPS) is 15.9. The summed E-state index contributed by atoms with van der Waals surface area (Å²) in [5.41, 5.74) is 0. The number of rotatable bonds is 3. The summed E-state index contributed by atoms with van der Waals surface area (Å²) < 4.78 is 10.3. The molecular weight excluding hydrogens is 218 g/mol. The van der Waals surface area contributed by atoms with Crippen LogP contribution in [0.15, 0.2) is 6.20 Å². The van der Waals surface area contributed by atoms with Crippen LogP contribution in [0.3, 0.4) is 0 Å². The van der Waals surface area contributed by atoms with Crippen molar-refractivity contribution >= 4 is 17.4 Å². The highest BCUT2D eigenvalue weighted by atomic mass is 35.5. The van der Waals surface area contributed by atoms with Crippen LogP contribution < -0.4 is 9.64 Å². The third-order valence-corrected chi connectivity index (χ3v) is 2.61. The summed E-state index contributed by atoms with van der Waals surface area (Å²) >= 11 is 5.75. The SMILES string of the molecule is COc1cnc(Cl)nc1N(C)C1COC1. The lowest BCUT2D eigenvalue weighted by Gasteiger charge is -2.35. The smallest absolute Gasteiger partial charge is 0.224 e. The van der Waals surface area contributed by atoms with E-state index in [0.29, 0.717) is 30.8 Å². The van der Waals surface area contributed by atoms with Gasteiger partial charge >= 0.3 is 0 Å². The standard InChI is InChI=1S/C9H12ClN3O2/c1-13(6-4-15-5-6)8-7(14-2)3-11-9(10)12-8/h3,6H,4-5H2,1-2H3. The first-order valence-corrected chi connectivity index (χ1v) is 4.97. The summed E-state index contributed by atoms with van der Waals surface area (Å²) in [6, 6.07) is 0.338. The third kappa shape index (κ3) is 1.98. The molecule has 1 saturated heterocycles. The zero-order valence-corrected chi connectivity index (χ0v) is 9.36. The van der Waals surface area contributed by atoms with E-state index in [9.17, 15) is 0 Å². The van der Waals surface area contributed by atoms with E-state index in [1.165, 1.54) is 0 Å². The predicted octanol–water partition coefficient (Wildman–Crippen LogP) is 0.974. The molecule has 0 bridgehead atoms. The first-order chi connectivity index (χ1) is 7.22. The summed E-state index contributed by atoms with van der Waals surface area (Å²) in [5.74, 6) is 1.32. The fourth-order valence-electron chi connectivity index (χ4n) is 1.36. The molecule has 0 atom stereocenters. The van der Waals surface area contributed by atoms with Crippen LogP contribution >= 0.6 is 11.6 Å². The number of aromatic nitrogens is 2. The molecule has 1 aliphatic rings. The van der Waals surface area contributed by atoms with Crippen molar-refractivity contribution in [3.8, 4) is 5.75 Å². The molecule has 5 nitrogen and oxygen atoms in total. The van der Waals surface area contributed by atoms with Gasteiger partial charge in [0.05, 0.1) is 32.6 Å². The van der Waals surface area contributed by atoms with Gasteiger partial charge in [-0.3, -0.25) is 0 Å². The van der Waals surface area contributed by atoms with Crippen LogP contribution in [0.25, 0.3) is 0 Å². The topological polar surface area (TPSA) is 47.5 Å². The van der Waals surface area contributed by atoms with Crippen molar-refractivity contribution in [2.75, 3.05) is 32.3 Å². The Morgan fingerprint density at radius 3 is 2.87 bits per heavy atom. The molecule has 15 heavy (non-hydrogen) atoms. The maximum absolute atomic E-state index is 5.75. The number of halogens is 1. The Labute approximate surface area is 93.0 Å². The van der Waals surface area contributed by atoms with E-state index >= 15 is 0 Å². The Kier molecular flexibility index (Phi) is 2.93. The molecule has 1 fully saturated rings. The molecule has 6 heteroatoms. The highest BCUT2D eigenvalue weighted by molar-refractivity contribution is 6.28. The summed E-state index contributed by atoms with van der Waals surface area (Å²) in [7, 11) is 3.52. The molecule has 0 saturated carbocycles. The van der Waals surface area contributed by atoms with Crippen LogP contribution in [0.5, 0.6) is 5.75 Å². The quantitative estimate of drug-likeness (QED) is 0.723. The van der Waals surface area contributed by atoms with E-state index in [0.717, 1.165) is 0 Å². The second-order valence-electron chi connectivity index (χ2n) is 3.33. The highest BCUT2D eigenvalue weighted by Crippen LogP contribution is 2.27. The molecule has 0 aromatic carbocycles. The van der Waals surface area contributed by atoms with Crippen LogP contribution in [-0.4, -0.2) is 43.4 Å². The minimum Gasteiger partial charge on any atom is -0.491 e. The number of likely N-dealkylation sites (N-methyl/N-ethyl adjacent to an activating group) is 1. The molecule has 0 aliphatic carbocycles. The molecule has 0 unspecified atom stereocenters. The zero-order chi connectivity index (χ0) is 10.8. The third-order valence-electron chi connectivity index (χ3n) is 2.43. The molecule has 1 aromatic rings. The van der Waals surface area contributed by atoms with Gasteiger partial charge in [0.25, 0.3) is 0 Å². The van der Waals surface area contributed by atoms with Crippen molar-refractivity contribution in [3.05, 3.63) is 11.5 Å². The van der Waals surface area contributed by atoms with Crippen molar-refractivity contribution in [1.29, 1.82) is 0 Å². The minimum atomic E-state index is 0.220. The molecule has 1 aliphatic heterocycles. The molecule has 0 radical (unpaired) electrons. The molecule has 0 amide bonds. The Morgan fingerprint density at radius 1 is 1.60 bits per heavy atom. The van der Waals surface area contributed by atoms with Crippen LogP contribution in [0, 0.1) is 0 Å². The van der Waals surface area contributed by atoms with Gasteiger partial charge in [0.15, 0.2) is 11.6 Å². The molecule has 2 heterocycles. The van der Waals surface area contributed by atoms with Crippen molar-refractivity contribution < 1.29 is 9.47 Å². The summed E-state index contributed by atoms with van der Waals surface area (Å²) in [4.78, 5) is 10.0. The van der Waals surface area contributed by atoms with Gasteiger partial charge in [-0.25, -0.2) is 4.98 Å². The van der Waals surface area contributed by atoms with E-state index in [-0.39, 0.29) is 5.28 Å². The average Bonchev–Trinajstić information content (AvgIpc) is 2.15. The van der Waals surface area contributed by atoms with Gasteiger partial charge in [-0.15, -0.1) is 0 Å². The fourth-order valence-corrected chi connectivity index (χ4v) is 1.49. The minimum absolute atomic E-state index is 0.220. The largest absolute Gasteiger partial charge is 0.491 e. The van der Waals surface area contributed by atoms with E-state index < -0.39 is 0 Å². The summed E-state index contributed by atoms with van der Waals surface area (Å²) in [5, 5.41) is 0.220. The molecule has 82 valence electrons. The second-order valence-corrected chi connectivity index (χ2v) is 3.67. The van der Waals surface area contributed by atoms with Crippen molar-refractivity contribution in [2.45, 2.75) is 6.04 Å². The predicted molar refractivity (Wildman–Crippen MR) is 56.6 cm³/mol. The highest BCUT2D eigenvalue weighted by Gasteiger charge is 2.26. The van der Waals surface area contributed by atoms with Crippen LogP contribution in [0.2, 0.25) is 5.28 Å². The lowest BCUT2D eigenvalue weighted by Crippen LogP contribution is -2.47. The number of hydrogen-bond acceptors (Lipinski definition) is 5. The first-order valence-electron chi connectivity index (χ1n) is 4.59. The Bertz CT molecular complexity index is 357. The molecule has 2 rings (SSSR count). The average molecular weight is 230 g/mol. The maximum atomic E-state index is 5.75. The van der Waals surface area contributed by atoms with Gasteiger partial charge in [0.2, 0.25) is 5.28 Å². The molecule has 0 spiro atoms. The number of hydrogen-bond donors (Lipinski definition) is 0. The Morgan fingerprint density at radius 2 is 2.33 bits per heavy atom. The van der Waals surface area contributed by atoms with Crippen molar-refractivity contribution in [3.63, 3.8) is 0 Å². The van der Waals surface area contributed by atoms with Crippen LogP contribution in [0.1, 0.15) is 0 Å². The van der Waals surface area contributed by atoms with E-state index in [1.807, 2.05) is 11.9 Å². The molecule has 0 N–H and O–H groups in total. The number of anilines is 1. The maximum Gasteiger partial charge on any atom is 0.224 e. The first kappa shape index (κ1) is 10.4. The van der Waals surface area contributed by atoms with E-state index in [2.05, 4.69) is 9.97 Å². The summed E-state index contributed by atoms with van der Waals surface area (Å²) in [6.45, 7) is 1.42. The Balaban J connectivity index is 2.27. The number of nitrogens with zero attached hydrogens (tertiary/aromatic N) is 3. The number of ether oxygens (including phenoxy) is 2. The fraction of sp³-hybridized carbons (Fsp3) is 0.556. The van der Waals surface area contributed by atoms with Gasteiger partial charge in [0.1, 0.15) is 0 Å². The lowest BCUT2D eigenvalue weighted by molar-refractivity contribution is 0.00973. The Hall–Kier alpha value is -1.07. The van der Waals surface area contributed by atoms with E-state index in [1.54, 1.807) is 13.3 Å². The van der Waals surface area contributed by atoms with Gasteiger partial charge in [0, 0.05) is 7.05 Å². The van der Waals surface area contributed by atoms with Crippen molar-refractivity contribution in [1.82, 2.24) is 9.97 Å². The van der Waals surface area contributed by atoms with Crippen molar-refractivity contribution in [2.24, 2.45) is 0 Å². The lowest BCUT2D eigenvalue weighted by atomic mass is 10.2. The summed E-state index contributed by atoms with van der Waals surface area (Å²) in [6.07, 6.45) is 1.57. The van der Waals surface area contributed by atoms with Gasteiger partial charge in [-0.1, -0.05) is 0 Å². The second kappa shape index (κ2) is 4.20. The molecular formula is C9H12ClN3O2. The van der Waals surface area contributed by atoms with Crippen LogP contribution in [-0.2, 0) is 4.74 Å².